The quantitative estimate of drug-likeness (QED) is 0.196. The van der Waals surface area contributed by atoms with Crippen LogP contribution in [0.1, 0.15) is 147 Å². The molecular formula is C34H56O2. The van der Waals surface area contributed by atoms with E-state index in [0.717, 1.165) is 43.1 Å². The highest BCUT2D eigenvalue weighted by molar-refractivity contribution is 5.99. The summed E-state index contributed by atoms with van der Waals surface area (Å²) in [6.45, 7) is 24.9. The lowest BCUT2D eigenvalue weighted by Crippen LogP contribution is -2.20. The summed E-state index contributed by atoms with van der Waals surface area (Å²) in [6, 6.07) is 16.1. The third-order valence-corrected chi connectivity index (χ3v) is 5.20. The lowest BCUT2D eigenvalue weighted by atomic mass is 9.85. The molecule has 0 saturated heterocycles. The van der Waals surface area contributed by atoms with Crippen molar-refractivity contribution in [3.8, 4) is 0 Å². The average molecular weight is 497 g/mol. The highest BCUT2D eigenvalue weighted by Gasteiger charge is 2.22. The molecule has 0 radical (unpaired) electrons. The van der Waals surface area contributed by atoms with Crippen molar-refractivity contribution in [1.82, 2.24) is 0 Å². The maximum absolute atomic E-state index is 12.4. The maximum Gasteiger partial charge on any atom is 0.168 e. The molecule has 36 heavy (non-hydrogen) atoms. The van der Waals surface area contributed by atoms with Crippen LogP contribution in [0.2, 0.25) is 0 Å². The van der Waals surface area contributed by atoms with Gasteiger partial charge in [0.2, 0.25) is 0 Å². The Kier molecular flexibility index (Phi) is 18.9. The van der Waals surface area contributed by atoms with Crippen LogP contribution in [-0.4, -0.2) is 12.1 Å². The molecule has 2 aromatic carbocycles. The molecule has 0 saturated carbocycles. The first-order chi connectivity index (χ1) is 16.8. The second kappa shape index (κ2) is 19.0. The van der Waals surface area contributed by atoms with Crippen molar-refractivity contribution in [2.75, 3.05) is 0 Å². The van der Waals surface area contributed by atoms with Crippen LogP contribution in [0.5, 0.6) is 0 Å². The van der Waals surface area contributed by atoms with Gasteiger partial charge in [-0.1, -0.05) is 138 Å². The number of hydrogen-bond acceptors (Lipinski definition) is 2. The lowest BCUT2D eigenvalue weighted by molar-refractivity contribution is 0.0858. The van der Waals surface area contributed by atoms with Gasteiger partial charge in [-0.15, -0.1) is 0 Å². The third-order valence-electron chi connectivity index (χ3n) is 5.20. The molecule has 0 aromatic heterocycles. The fourth-order valence-corrected chi connectivity index (χ4v) is 3.43. The molecule has 0 N–H and O–H groups in total. The minimum atomic E-state index is -0.338. The van der Waals surface area contributed by atoms with E-state index in [1.165, 1.54) is 17.5 Å². The van der Waals surface area contributed by atoms with Crippen molar-refractivity contribution in [2.45, 2.75) is 121 Å². The van der Waals surface area contributed by atoms with Crippen LogP contribution in [0.3, 0.4) is 0 Å². The van der Waals surface area contributed by atoms with Crippen molar-refractivity contribution in [2.24, 2.45) is 10.8 Å². The molecule has 0 bridgehead atoms. The SMILES string of the molecule is CC.CC.CC(C)(C)C.CC[C@H](CCCCc1ccc(C=O)cc1)c1ccc(C(=O)C(C)(C)C)cc1. The Morgan fingerprint density at radius 1 is 0.778 bits per heavy atom. The first-order valence-electron chi connectivity index (χ1n) is 14.0. The van der Waals surface area contributed by atoms with Gasteiger partial charge >= 0.3 is 0 Å². The molecule has 2 heteroatoms. The zero-order chi connectivity index (χ0) is 28.4. The molecule has 0 aliphatic carbocycles. The van der Waals surface area contributed by atoms with Gasteiger partial charge in [-0.25, -0.2) is 0 Å². The summed E-state index contributed by atoms with van der Waals surface area (Å²) in [4.78, 5) is 23.1. The number of Topliss-reactive ketones (excluding diaryl/α,β-unsaturated/α-hetero) is 1. The minimum Gasteiger partial charge on any atom is -0.298 e. The van der Waals surface area contributed by atoms with Crippen LogP contribution in [-0.2, 0) is 6.42 Å². The van der Waals surface area contributed by atoms with Crippen LogP contribution < -0.4 is 0 Å². The molecule has 2 aromatic rings. The number of unbranched alkanes of at least 4 members (excludes halogenated alkanes) is 1. The van der Waals surface area contributed by atoms with Crippen LogP contribution in [0.4, 0.5) is 0 Å². The van der Waals surface area contributed by atoms with Crippen molar-refractivity contribution < 1.29 is 9.59 Å². The molecule has 0 aliphatic rings. The summed E-state index contributed by atoms with van der Waals surface area (Å²) in [7, 11) is 0. The molecule has 0 unspecified atom stereocenters. The monoisotopic (exact) mass is 496 g/mol. The molecule has 0 aliphatic heterocycles. The number of carbonyl (C=O) groups is 2. The van der Waals surface area contributed by atoms with Gasteiger partial charge in [0.15, 0.2) is 5.78 Å². The Morgan fingerprint density at radius 2 is 1.25 bits per heavy atom. The molecule has 204 valence electrons. The predicted molar refractivity (Wildman–Crippen MR) is 160 cm³/mol. The highest BCUT2D eigenvalue weighted by atomic mass is 16.1. The Balaban J connectivity index is 0. The van der Waals surface area contributed by atoms with Gasteiger partial charge in [0.05, 0.1) is 0 Å². The maximum atomic E-state index is 12.4. The Morgan fingerprint density at radius 3 is 1.64 bits per heavy atom. The van der Waals surface area contributed by atoms with Crippen molar-refractivity contribution in [3.05, 3.63) is 70.8 Å². The predicted octanol–water partition coefficient (Wildman–Crippen LogP) is 10.7. The summed E-state index contributed by atoms with van der Waals surface area (Å²) in [6.07, 6.45) is 6.54. The molecular weight excluding hydrogens is 440 g/mol. The average Bonchev–Trinajstić information content (AvgIpc) is 2.85. The Bertz CT molecular complexity index is 809. The second-order valence-electron chi connectivity index (χ2n) is 11.4. The van der Waals surface area contributed by atoms with Crippen molar-refractivity contribution in [1.29, 1.82) is 0 Å². The van der Waals surface area contributed by atoms with Crippen molar-refractivity contribution >= 4 is 12.1 Å². The highest BCUT2D eigenvalue weighted by Crippen LogP contribution is 2.28. The molecule has 1 atom stereocenters. The van der Waals surface area contributed by atoms with E-state index in [-0.39, 0.29) is 11.2 Å². The van der Waals surface area contributed by atoms with E-state index in [1.54, 1.807) is 0 Å². The van der Waals surface area contributed by atoms with Crippen LogP contribution in [0.15, 0.2) is 48.5 Å². The van der Waals surface area contributed by atoms with Crippen molar-refractivity contribution in [3.63, 3.8) is 0 Å². The fraction of sp³-hybridized carbons (Fsp3) is 0.588. The fourth-order valence-electron chi connectivity index (χ4n) is 3.43. The zero-order valence-electron chi connectivity index (χ0n) is 25.6. The normalized spacial score (nSPS) is 11.4. The van der Waals surface area contributed by atoms with E-state index in [1.807, 2.05) is 84.9 Å². The van der Waals surface area contributed by atoms with Gasteiger partial charge in [0.25, 0.3) is 0 Å². The van der Waals surface area contributed by atoms with Gasteiger partial charge in [0.1, 0.15) is 6.29 Å². The zero-order valence-corrected chi connectivity index (χ0v) is 25.6. The molecule has 2 nitrogen and oxygen atoms in total. The summed E-state index contributed by atoms with van der Waals surface area (Å²) < 4.78 is 0. The van der Waals surface area contributed by atoms with Crippen LogP contribution in [0.25, 0.3) is 0 Å². The summed E-state index contributed by atoms with van der Waals surface area (Å²) >= 11 is 0. The van der Waals surface area contributed by atoms with Crippen LogP contribution in [0, 0.1) is 10.8 Å². The number of benzene rings is 2. The van der Waals surface area contributed by atoms with Gasteiger partial charge < -0.3 is 0 Å². The first kappa shape index (κ1) is 35.9. The van der Waals surface area contributed by atoms with Crippen LogP contribution >= 0.6 is 0 Å². The van der Waals surface area contributed by atoms with Gasteiger partial charge in [-0.3, -0.25) is 9.59 Å². The topological polar surface area (TPSA) is 34.1 Å². The summed E-state index contributed by atoms with van der Waals surface area (Å²) in [5, 5.41) is 0. The number of hydrogen-bond donors (Lipinski definition) is 0. The number of aryl methyl sites for hydroxylation is 1. The van der Waals surface area contributed by atoms with E-state index < -0.39 is 0 Å². The number of carbonyl (C=O) groups excluding carboxylic acids is 2. The van der Waals surface area contributed by atoms with E-state index >= 15 is 0 Å². The van der Waals surface area contributed by atoms with Gasteiger partial charge in [-0.05, 0) is 48.1 Å². The summed E-state index contributed by atoms with van der Waals surface area (Å²) in [5.74, 6) is 0.740. The number of ketones is 1. The van der Waals surface area contributed by atoms with E-state index in [0.29, 0.717) is 11.3 Å². The first-order valence-corrected chi connectivity index (χ1v) is 14.0. The van der Waals surface area contributed by atoms with E-state index in [2.05, 4.69) is 46.8 Å². The minimum absolute atomic E-state index is 0.197. The molecule has 2 rings (SSSR count). The van der Waals surface area contributed by atoms with E-state index in [9.17, 15) is 9.59 Å². The molecule has 0 heterocycles. The van der Waals surface area contributed by atoms with E-state index in [4.69, 9.17) is 0 Å². The van der Waals surface area contributed by atoms with Gasteiger partial charge in [-0.2, -0.15) is 0 Å². The second-order valence-corrected chi connectivity index (χ2v) is 11.4. The number of aldehydes is 1. The standard InChI is InChI=1S/C25H32O2.C5H12.2C2H6/c1-5-21(9-7-6-8-19-10-12-20(18-26)13-11-19)22-14-16-23(17-15-22)24(27)25(2,3)4;1-5(2,3)4;2*1-2/h10-18,21H,5-9H2,1-4H3;1-4H3;2*1-2H3/t21-;;;/m1.../s1. The Labute approximate surface area is 224 Å². The molecule has 0 fully saturated rings. The third kappa shape index (κ3) is 16.5. The smallest absolute Gasteiger partial charge is 0.168 e. The lowest BCUT2D eigenvalue weighted by Gasteiger charge is -2.19. The largest absolute Gasteiger partial charge is 0.298 e. The summed E-state index contributed by atoms with van der Waals surface area (Å²) in [5.41, 5.74) is 4.32. The number of rotatable bonds is 9. The molecule has 0 spiro atoms. The Hall–Kier alpha value is -2.22. The molecule has 0 amide bonds. The van der Waals surface area contributed by atoms with Gasteiger partial charge in [0, 0.05) is 16.5 Å².